The van der Waals surface area contributed by atoms with E-state index in [1.165, 1.54) is 0 Å². The molecule has 0 radical (unpaired) electrons. The molecule has 6 nitrogen and oxygen atoms in total. The largest absolute Gasteiger partial charge is 0.481 e. The second-order valence-corrected chi connectivity index (χ2v) is 4.44. The molecule has 0 aliphatic carbocycles. The maximum absolute atomic E-state index is 5.16. The Kier molecular flexibility index (Phi) is 2.98. The summed E-state index contributed by atoms with van der Waals surface area (Å²) in [5.74, 6) is 1.42. The third-order valence-electron chi connectivity index (χ3n) is 3.17. The SMILES string of the molecule is CNc1nc2c(-c3ccnc(OC)c3)cnn2cc1C. The third kappa shape index (κ3) is 1.95. The van der Waals surface area contributed by atoms with Crippen molar-refractivity contribution in [2.75, 3.05) is 19.5 Å². The number of pyridine rings is 1. The van der Waals surface area contributed by atoms with E-state index in [1.54, 1.807) is 24.0 Å². The molecular weight excluding hydrogens is 254 g/mol. The number of anilines is 1. The molecule has 0 aliphatic rings. The van der Waals surface area contributed by atoms with Gasteiger partial charge in [-0.25, -0.2) is 14.5 Å². The summed E-state index contributed by atoms with van der Waals surface area (Å²) in [6.07, 6.45) is 5.47. The van der Waals surface area contributed by atoms with E-state index in [4.69, 9.17) is 4.74 Å². The minimum atomic E-state index is 0.572. The molecule has 0 aliphatic heterocycles. The van der Waals surface area contributed by atoms with Crippen molar-refractivity contribution in [3.05, 3.63) is 36.3 Å². The van der Waals surface area contributed by atoms with Crippen LogP contribution in [-0.2, 0) is 0 Å². The lowest BCUT2D eigenvalue weighted by Gasteiger charge is -2.06. The lowest BCUT2D eigenvalue weighted by molar-refractivity contribution is 0.398. The summed E-state index contributed by atoms with van der Waals surface area (Å²) in [7, 11) is 3.46. The second kappa shape index (κ2) is 4.80. The number of fused-ring (bicyclic) bond motifs is 1. The third-order valence-corrected chi connectivity index (χ3v) is 3.17. The fraction of sp³-hybridized carbons (Fsp3) is 0.214. The van der Waals surface area contributed by atoms with E-state index in [-0.39, 0.29) is 0 Å². The predicted octanol–water partition coefficient (Wildman–Crippen LogP) is 2.15. The maximum Gasteiger partial charge on any atom is 0.213 e. The van der Waals surface area contributed by atoms with Crippen LogP contribution in [0.5, 0.6) is 5.88 Å². The normalized spacial score (nSPS) is 10.8. The van der Waals surface area contributed by atoms with E-state index in [0.29, 0.717) is 5.88 Å². The second-order valence-electron chi connectivity index (χ2n) is 4.44. The van der Waals surface area contributed by atoms with Crippen LogP contribution in [-0.4, -0.2) is 33.7 Å². The van der Waals surface area contributed by atoms with Gasteiger partial charge >= 0.3 is 0 Å². The summed E-state index contributed by atoms with van der Waals surface area (Å²) >= 11 is 0. The van der Waals surface area contributed by atoms with Gasteiger partial charge in [0.25, 0.3) is 0 Å². The van der Waals surface area contributed by atoms with Crippen LogP contribution in [0.15, 0.2) is 30.7 Å². The zero-order chi connectivity index (χ0) is 14.1. The van der Waals surface area contributed by atoms with Gasteiger partial charge in [0.1, 0.15) is 5.82 Å². The van der Waals surface area contributed by atoms with E-state index in [2.05, 4.69) is 20.4 Å². The Balaban J connectivity index is 2.20. The van der Waals surface area contributed by atoms with Gasteiger partial charge in [0, 0.05) is 36.6 Å². The highest BCUT2D eigenvalue weighted by molar-refractivity contribution is 5.78. The molecule has 0 spiro atoms. The highest BCUT2D eigenvalue weighted by atomic mass is 16.5. The molecule has 0 saturated carbocycles. The predicted molar refractivity (Wildman–Crippen MR) is 77.1 cm³/mol. The smallest absolute Gasteiger partial charge is 0.213 e. The first-order chi connectivity index (χ1) is 9.72. The summed E-state index contributed by atoms with van der Waals surface area (Å²) in [5.41, 5.74) is 3.77. The number of nitrogens with zero attached hydrogens (tertiary/aromatic N) is 4. The maximum atomic E-state index is 5.16. The highest BCUT2D eigenvalue weighted by Gasteiger charge is 2.11. The molecule has 3 heterocycles. The van der Waals surface area contributed by atoms with Crippen LogP contribution >= 0.6 is 0 Å². The molecule has 0 amide bonds. The highest BCUT2D eigenvalue weighted by Crippen LogP contribution is 2.26. The fourth-order valence-corrected chi connectivity index (χ4v) is 2.15. The number of aromatic nitrogens is 4. The summed E-state index contributed by atoms with van der Waals surface area (Å²) in [5, 5.41) is 7.44. The number of hydrogen-bond donors (Lipinski definition) is 1. The average molecular weight is 269 g/mol. The van der Waals surface area contributed by atoms with Gasteiger partial charge in [0.05, 0.1) is 13.3 Å². The Hall–Kier alpha value is -2.63. The van der Waals surface area contributed by atoms with Gasteiger partial charge in [-0.2, -0.15) is 5.10 Å². The molecule has 1 N–H and O–H groups in total. The fourth-order valence-electron chi connectivity index (χ4n) is 2.15. The van der Waals surface area contributed by atoms with Gasteiger partial charge in [-0.3, -0.25) is 0 Å². The first-order valence-corrected chi connectivity index (χ1v) is 6.26. The molecule has 3 aromatic heterocycles. The molecular formula is C14H15N5O. The van der Waals surface area contributed by atoms with Crippen molar-refractivity contribution in [3.63, 3.8) is 0 Å². The monoisotopic (exact) mass is 269 g/mol. The molecule has 0 fully saturated rings. The van der Waals surface area contributed by atoms with Crippen molar-refractivity contribution < 1.29 is 4.74 Å². The molecule has 0 bridgehead atoms. The molecule has 20 heavy (non-hydrogen) atoms. The van der Waals surface area contributed by atoms with Crippen LogP contribution in [0.3, 0.4) is 0 Å². The van der Waals surface area contributed by atoms with Gasteiger partial charge in [0.15, 0.2) is 5.65 Å². The van der Waals surface area contributed by atoms with Crippen LogP contribution in [0, 0.1) is 6.92 Å². The number of ether oxygens (including phenoxy) is 1. The zero-order valence-corrected chi connectivity index (χ0v) is 11.6. The number of hydrogen-bond acceptors (Lipinski definition) is 5. The average Bonchev–Trinajstić information content (AvgIpc) is 2.89. The number of aryl methyl sites for hydroxylation is 1. The van der Waals surface area contributed by atoms with Crippen molar-refractivity contribution in [2.24, 2.45) is 0 Å². The van der Waals surface area contributed by atoms with Crippen LogP contribution in [0.25, 0.3) is 16.8 Å². The minimum absolute atomic E-state index is 0.572. The lowest BCUT2D eigenvalue weighted by Crippen LogP contribution is -2.00. The molecule has 102 valence electrons. The van der Waals surface area contributed by atoms with E-state index < -0.39 is 0 Å². The van der Waals surface area contributed by atoms with Crippen LogP contribution in [0.2, 0.25) is 0 Å². The molecule has 0 saturated heterocycles. The first kappa shape index (κ1) is 12.4. The standard InChI is InChI=1S/C14H15N5O/c1-9-8-19-14(18-13(9)15-2)11(7-17-19)10-4-5-16-12(6-10)20-3/h4-8H,1-3H3,(H,15,18). The summed E-state index contributed by atoms with van der Waals surface area (Å²) in [6, 6.07) is 3.79. The Morgan fingerprint density at radius 2 is 2.20 bits per heavy atom. The Labute approximate surface area is 116 Å². The van der Waals surface area contributed by atoms with Gasteiger partial charge in [-0.05, 0) is 18.6 Å². The van der Waals surface area contributed by atoms with Crippen molar-refractivity contribution in [1.82, 2.24) is 19.6 Å². The van der Waals surface area contributed by atoms with Crippen molar-refractivity contribution in [3.8, 4) is 17.0 Å². The summed E-state index contributed by atoms with van der Waals surface area (Å²) < 4.78 is 6.93. The molecule has 3 aromatic rings. The van der Waals surface area contributed by atoms with Crippen LogP contribution in [0.1, 0.15) is 5.56 Å². The zero-order valence-electron chi connectivity index (χ0n) is 11.6. The van der Waals surface area contributed by atoms with Crippen molar-refractivity contribution >= 4 is 11.5 Å². The molecule has 0 atom stereocenters. The molecule has 6 heteroatoms. The molecule has 0 unspecified atom stereocenters. The van der Waals surface area contributed by atoms with E-state index >= 15 is 0 Å². The van der Waals surface area contributed by atoms with Crippen LogP contribution < -0.4 is 10.1 Å². The van der Waals surface area contributed by atoms with Crippen LogP contribution in [0.4, 0.5) is 5.82 Å². The quantitative estimate of drug-likeness (QED) is 0.789. The molecule has 3 rings (SSSR count). The van der Waals surface area contributed by atoms with Crippen molar-refractivity contribution in [2.45, 2.75) is 6.92 Å². The van der Waals surface area contributed by atoms with Gasteiger partial charge in [-0.15, -0.1) is 0 Å². The Bertz CT molecular complexity index is 765. The lowest BCUT2D eigenvalue weighted by atomic mass is 10.1. The number of rotatable bonds is 3. The summed E-state index contributed by atoms with van der Waals surface area (Å²) in [6.45, 7) is 2.00. The topological polar surface area (TPSA) is 64.3 Å². The Morgan fingerprint density at radius 3 is 2.95 bits per heavy atom. The van der Waals surface area contributed by atoms with E-state index in [1.807, 2.05) is 32.3 Å². The van der Waals surface area contributed by atoms with Gasteiger partial charge < -0.3 is 10.1 Å². The summed E-state index contributed by atoms with van der Waals surface area (Å²) in [4.78, 5) is 8.73. The number of methoxy groups -OCH3 is 1. The first-order valence-electron chi connectivity index (χ1n) is 6.26. The molecule has 0 aromatic carbocycles. The van der Waals surface area contributed by atoms with Gasteiger partial charge in [-0.1, -0.05) is 0 Å². The number of nitrogens with one attached hydrogen (secondary N) is 1. The van der Waals surface area contributed by atoms with E-state index in [0.717, 1.165) is 28.2 Å². The Morgan fingerprint density at radius 1 is 1.35 bits per heavy atom. The van der Waals surface area contributed by atoms with E-state index in [9.17, 15) is 0 Å². The minimum Gasteiger partial charge on any atom is -0.481 e. The van der Waals surface area contributed by atoms with Crippen molar-refractivity contribution in [1.29, 1.82) is 0 Å². The van der Waals surface area contributed by atoms with Gasteiger partial charge in [0.2, 0.25) is 5.88 Å².